The minimum atomic E-state index is -1.31. The van der Waals surface area contributed by atoms with E-state index in [-0.39, 0.29) is 11.3 Å². The first-order chi connectivity index (χ1) is 10.8. The van der Waals surface area contributed by atoms with Gasteiger partial charge < -0.3 is 15.2 Å². The number of carboxylic acid groups (broad SMARTS) is 1. The molecule has 0 aliphatic carbocycles. The molecule has 23 heavy (non-hydrogen) atoms. The zero-order valence-electron chi connectivity index (χ0n) is 11.3. The number of benzene rings is 1. The molecule has 0 fully saturated rings. The van der Waals surface area contributed by atoms with Crippen molar-refractivity contribution in [1.29, 1.82) is 0 Å². The second kappa shape index (κ2) is 5.97. The molecule has 4 N–H and O–H groups in total. The fourth-order valence-electron chi connectivity index (χ4n) is 1.81. The second-order valence-electron chi connectivity index (χ2n) is 4.34. The minimum absolute atomic E-state index is 0.308. The van der Waals surface area contributed by atoms with Gasteiger partial charge >= 0.3 is 22.9 Å². The molecule has 10 nitrogen and oxygen atoms in total. The number of nitrogens with zero attached hydrogens (tertiary/aromatic N) is 1. The summed E-state index contributed by atoms with van der Waals surface area (Å²) in [4.78, 5) is 47.2. The third-order valence-electron chi connectivity index (χ3n) is 2.82. The number of nitro groups is 1. The normalized spacial score (nSPS) is 10.8. The Morgan fingerprint density at radius 2 is 1.91 bits per heavy atom. The van der Waals surface area contributed by atoms with Crippen LogP contribution in [0.2, 0.25) is 0 Å². The van der Waals surface area contributed by atoms with Gasteiger partial charge in [0.25, 0.3) is 0 Å². The quantitative estimate of drug-likeness (QED) is 0.471. The van der Waals surface area contributed by atoms with Crippen molar-refractivity contribution < 1.29 is 19.9 Å². The van der Waals surface area contributed by atoms with Crippen LogP contribution in [0.4, 0.5) is 5.69 Å². The van der Waals surface area contributed by atoms with E-state index in [1.54, 1.807) is 4.98 Å². The number of aromatic nitrogens is 2. The van der Waals surface area contributed by atoms with Gasteiger partial charge in [-0.1, -0.05) is 12.1 Å². The van der Waals surface area contributed by atoms with E-state index < -0.39 is 33.6 Å². The van der Waals surface area contributed by atoms with Crippen LogP contribution in [0.3, 0.4) is 0 Å². The van der Waals surface area contributed by atoms with Crippen LogP contribution in [-0.2, 0) is 0 Å². The van der Waals surface area contributed by atoms with Crippen molar-refractivity contribution >= 4 is 23.8 Å². The van der Waals surface area contributed by atoms with Crippen LogP contribution in [0.5, 0.6) is 5.75 Å². The molecular formula is C13H9N3O7. The standard InChI is InChI=1S/C13H9N3O7/c17-9-5-6(1-3-7(9)12(19)20)2-4-8-10(16(22)23)11(18)15-13(21)14-8/h1-5,17H,(H,19,20)(H2,14,15,18,21)/b4-2+. The zero-order chi connectivity index (χ0) is 17.1. The Kier molecular flexibility index (Phi) is 4.07. The average molecular weight is 319 g/mol. The monoisotopic (exact) mass is 319 g/mol. The number of aromatic amines is 2. The van der Waals surface area contributed by atoms with Gasteiger partial charge in [-0.2, -0.15) is 0 Å². The second-order valence-corrected chi connectivity index (χ2v) is 4.34. The Morgan fingerprint density at radius 1 is 1.22 bits per heavy atom. The Balaban J connectivity index is 2.47. The van der Waals surface area contributed by atoms with Crippen LogP contribution < -0.4 is 11.2 Å². The number of aromatic carboxylic acids is 1. The van der Waals surface area contributed by atoms with Gasteiger partial charge in [0.2, 0.25) is 0 Å². The fourth-order valence-corrected chi connectivity index (χ4v) is 1.81. The van der Waals surface area contributed by atoms with Crippen LogP contribution in [-0.4, -0.2) is 31.1 Å². The van der Waals surface area contributed by atoms with Crippen LogP contribution in [0.15, 0.2) is 27.8 Å². The third-order valence-corrected chi connectivity index (χ3v) is 2.82. The molecule has 0 aliphatic rings. The molecule has 0 atom stereocenters. The van der Waals surface area contributed by atoms with E-state index >= 15 is 0 Å². The topological polar surface area (TPSA) is 166 Å². The highest BCUT2D eigenvalue weighted by Crippen LogP contribution is 2.20. The lowest BCUT2D eigenvalue weighted by molar-refractivity contribution is -0.386. The van der Waals surface area contributed by atoms with E-state index in [2.05, 4.69) is 4.98 Å². The van der Waals surface area contributed by atoms with Gasteiger partial charge in [0.05, 0.1) is 4.92 Å². The molecule has 0 radical (unpaired) electrons. The molecule has 2 aromatic rings. The summed E-state index contributed by atoms with van der Waals surface area (Å²) in [5.74, 6) is -1.80. The molecule has 1 aromatic carbocycles. The largest absolute Gasteiger partial charge is 0.507 e. The first-order valence-corrected chi connectivity index (χ1v) is 6.05. The highest BCUT2D eigenvalue weighted by Gasteiger charge is 2.18. The van der Waals surface area contributed by atoms with Crippen molar-refractivity contribution in [2.75, 3.05) is 0 Å². The molecule has 0 bridgehead atoms. The predicted octanol–water partition coefficient (Wildman–Crippen LogP) is 0.546. The molecule has 118 valence electrons. The number of carboxylic acids is 1. The number of carbonyl (C=O) groups is 1. The van der Waals surface area contributed by atoms with Crippen molar-refractivity contribution in [3.05, 3.63) is 66.0 Å². The summed E-state index contributed by atoms with van der Waals surface area (Å²) in [6, 6.07) is 3.61. The maximum atomic E-state index is 11.4. The summed E-state index contributed by atoms with van der Waals surface area (Å²) in [6.45, 7) is 0. The van der Waals surface area contributed by atoms with Crippen molar-refractivity contribution in [2.24, 2.45) is 0 Å². The summed E-state index contributed by atoms with van der Waals surface area (Å²) in [5, 5.41) is 29.2. The first kappa shape index (κ1) is 15.7. The van der Waals surface area contributed by atoms with E-state index in [1.165, 1.54) is 12.1 Å². The number of hydrogen-bond acceptors (Lipinski definition) is 6. The number of aromatic hydroxyl groups is 1. The highest BCUT2D eigenvalue weighted by atomic mass is 16.6. The minimum Gasteiger partial charge on any atom is -0.507 e. The number of phenols is 1. The summed E-state index contributed by atoms with van der Waals surface area (Å²) in [6.07, 6.45) is 2.37. The van der Waals surface area contributed by atoms with E-state index in [4.69, 9.17) is 5.11 Å². The molecule has 1 aromatic heterocycles. The number of rotatable bonds is 4. The number of H-pyrrole nitrogens is 2. The van der Waals surface area contributed by atoms with E-state index in [1.807, 2.05) is 0 Å². The molecule has 0 aliphatic heterocycles. The molecule has 0 amide bonds. The number of nitrogens with one attached hydrogen (secondary N) is 2. The fraction of sp³-hybridized carbons (Fsp3) is 0. The highest BCUT2D eigenvalue weighted by molar-refractivity contribution is 5.91. The molecule has 0 unspecified atom stereocenters. The summed E-state index contributed by atoms with van der Waals surface area (Å²) >= 11 is 0. The Labute approximate surface area is 126 Å². The summed E-state index contributed by atoms with van der Waals surface area (Å²) in [7, 11) is 0. The van der Waals surface area contributed by atoms with Gasteiger partial charge in [-0.05, 0) is 23.8 Å². The van der Waals surface area contributed by atoms with Crippen molar-refractivity contribution in [3.8, 4) is 5.75 Å². The summed E-state index contributed by atoms with van der Waals surface area (Å²) < 4.78 is 0. The molecular weight excluding hydrogens is 310 g/mol. The lowest BCUT2D eigenvalue weighted by atomic mass is 10.1. The van der Waals surface area contributed by atoms with Gasteiger partial charge in [0.15, 0.2) is 0 Å². The van der Waals surface area contributed by atoms with Crippen LogP contribution in [0.1, 0.15) is 21.6 Å². The Bertz CT molecular complexity index is 939. The maximum Gasteiger partial charge on any atom is 0.357 e. The molecule has 1 heterocycles. The Hall–Kier alpha value is -3.69. The first-order valence-electron chi connectivity index (χ1n) is 6.05. The molecule has 2 rings (SSSR count). The van der Waals surface area contributed by atoms with Crippen molar-refractivity contribution in [1.82, 2.24) is 9.97 Å². The average Bonchev–Trinajstić information content (AvgIpc) is 2.43. The third kappa shape index (κ3) is 3.32. The maximum absolute atomic E-state index is 11.4. The van der Waals surface area contributed by atoms with Crippen molar-refractivity contribution in [2.45, 2.75) is 0 Å². The lowest BCUT2D eigenvalue weighted by Crippen LogP contribution is -2.25. The van der Waals surface area contributed by atoms with Gasteiger partial charge in [-0.3, -0.25) is 19.9 Å². The van der Waals surface area contributed by atoms with Crippen molar-refractivity contribution in [3.63, 3.8) is 0 Å². The van der Waals surface area contributed by atoms with E-state index in [9.17, 15) is 29.6 Å². The van der Waals surface area contributed by atoms with Crippen LogP contribution >= 0.6 is 0 Å². The van der Waals surface area contributed by atoms with Gasteiger partial charge in [0.1, 0.15) is 17.0 Å². The van der Waals surface area contributed by atoms with Crippen LogP contribution in [0, 0.1) is 10.1 Å². The summed E-state index contributed by atoms with van der Waals surface area (Å²) in [5.41, 5.74) is -3.23. The molecule has 0 spiro atoms. The lowest BCUT2D eigenvalue weighted by Gasteiger charge is -2.01. The van der Waals surface area contributed by atoms with Gasteiger partial charge in [0, 0.05) is 0 Å². The Morgan fingerprint density at radius 3 is 2.48 bits per heavy atom. The molecule has 10 heteroatoms. The zero-order valence-corrected chi connectivity index (χ0v) is 11.3. The van der Waals surface area contributed by atoms with E-state index in [0.29, 0.717) is 5.56 Å². The smallest absolute Gasteiger partial charge is 0.357 e. The van der Waals surface area contributed by atoms with Gasteiger partial charge in [-0.15, -0.1) is 0 Å². The SMILES string of the molecule is O=C(O)c1ccc(/C=C/c2[nH]c(=O)[nH]c(=O)c2[N+](=O)[O-])cc1O. The predicted molar refractivity (Wildman–Crippen MR) is 78.3 cm³/mol. The number of hydrogen-bond donors (Lipinski definition) is 4. The molecule has 0 saturated carbocycles. The van der Waals surface area contributed by atoms with Gasteiger partial charge in [-0.25, -0.2) is 9.59 Å². The van der Waals surface area contributed by atoms with Crippen LogP contribution in [0.25, 0.3) is 12.2 Å². The van der Waals surface area contributed by atoms with E-state index in [0.717, 1.165) is 18.2 Å². The molecule has 0 saturated heterocycles.